The molecule has 0 radical (unpaired) electrons. The highest BCUT2D eigenvalue weighted by molar-refractivity contribution is 5.87. The van der Waals surface area contributed by atoms with Crippen molar-refractivity contribution in [3.8, 4) is 0 Å². The van der Waals surface area contributed by atoms with Crippen LogP contribution in [0.3, 0.4) is 0 Å². The average Bonchev–Trinajstić information content (AvgIpc) is 3.07. The van der Waals surface area contributed by atoms with Gasteiger partial charge in [0.25, 0.3) is 0 Å². The van der Waals surface area contributed by atoms with Gasteiger partial charge < -0.3 is 15.3 Å². The van der Waals surface area contributed by atoms with Crippen molar-refractivity contribution in [2.45, 2.75) is 85.0 Å². The van der Waals surface area contributed by atoms with E-state index in [2.05, 4.69) is 24.7 Å². The van der Waals surface area contributed by atoms with Crippen molar-refractivity contribution >= 4 is 11.5 Å². The Morgan fingerprint density at radius 1 is 1.03 bits per heavy atom. The van der Waals surface area contributed by atoms with Crippen LogP contribution in [0.25, 0.3) is 0 Å². The second-order valence-corrected chi connectivity index (χ2v) is 10.3. The molecule has 0 aromatic heterocycles. The predicted octanol–water partition coefficient (Wildman–Crippen LogP) is 4.97. The summed E-state index contributed by atoms with van der Waals surface area (Å²) in [5, 5.41) is 4.50. The number of ether oxygens (including phenoxy) is 1. The third kappa shape index (κ3) is 4.34. The fourth-order valence-corrected chi connectivity index (χ4v) is 7.42. The van der Waals surface area contributed by atoms with Crippen LogP contribution in [-0.4, -0.2) is 38.4 Å². The number of rotatable bonds is 6. The van der Waals surface area contributed by atoms with Crippen LogP contribution in [0.2, 0.25) is 0 Å². The van der Waals surface area contributed by atoms with Crippen molar-refractivity contribution in [1.29, 1.82) is 0 Å². The summed E-state index contributed by atoms with van der Waals surface area (Å²) in [6.45, 7) is 9.05. The van der Waals surface area contributed by atoms with Gasteiger partial charge in [-0.25, -0.2) is 0 Å². The van der Waals surface area contributed by atoms with Crippen LogP contribution in [0, 0.1) is 34.5 Å². The zero-order valence-electron chi connectivity index (χ0n) is 19.8. The van der Waals surface area contributed by atoms with Crippen molar-refractivity contribution in [3.05, 3.63) is 0 Å². The summed E-state index contributed by atoms with van der Waals surface area (Å²) < 4.78 is 5.35. The van der Waals surface area contributed by atoms with Crippen LogP contribution in [0.15, 0.2) is 5.16 Å². The quantitative estimate of drug-likeness (QED) is 0.486. The Morgan fingerprint density at radius 3 is 2.60 bits per heavy atom. The lowest BCUT2D eigenvalue weighted by atomic mass is 9.45. The van der Waals surface area contributed by atoms with E-state index in [9.17, 15) is 4.79 Å². The molecule has 5 nitrogen and oxygen atoms in total. The van der Waals surface area contributed by atoms with Gasteiger partial charge in [0.05, 0.1) is 5.71 Å². The van der Waals surface area contributed by atoms with Gasteiger partial charge in [-0.2, -0.15) is 0 Å². The summed E-state index contributed by atoms with van der Waals surface area (Å²) >= 11 is 0. The Labute approximate surface area is 183 Å². The Bertz CT molecular complexity index is 622. The molecule has 172 valence electrons. The molecular weight excluding hydrogens is 376 g/mol. The lowest BCUT2D eigenvalue weighted by Gasteiger charge is -2.59. The normalized spacial score (nSPS) is 41.4. The molecule has 0 heterocycles. The van der Waals surface area contributed by atoms with Gasteiger partial charge in [-0.15, -0.1) is 0 Å². The van der Waals surface area contributed by atoms with Gasteiger partial charge in [-0.1, -0.05) is 19.0 Å². The Kier molecular flexibility index (Phi) is 8.00. The molecule has 0 amide bonds. The molecule has 4 rings (SSSR count). The molecule has 0 aromatic carbocycles. The summed E-state index contributed by atoms with van der Waals surface area (Å²) in [4.78, 5) is 18.1. The number of nitrogens with zero attached hydrogens (tertiary/aromatic N) is 1. The maximum Gasteiger partial charge on any atom is 0.139 e. The smallest absolute Gasteiger partial charge is 0.139 e. The first-order valence-corrected chi connectivity index (χ1v) is 12.4. The third-order valence-electron chi connectivity index (χ3n) is 9.13. The minimum absolute atomic E-state index is 0.000971. The lowest BCUT2D eigenvalue weighted by Crippen LogP contribution is -2.53. The van der Waals surface area contributed by atoms with Crippen LogP contribution in [0.1, 0.15) is 85.0 Å². The molecule has 30 heavy (non-hydrogen) atoms. The Morgan fingerprint density at radius 2 is 1.83 bits per heavy atom. The minimum Gasteiger partial charge on any atom is -0.396 e. The number of hydrogen-bond acceptors (Lipinski definition) is 5. The fraction of sp³-hybridized carbons (Fsp3) is 0.920. The van der Waals surface area contributed by atoms with Crippen LogP contribution >= 0.6 is 0 Å². The maximum absolute atomic E-state index is 12.6. The monoisotopic (exact) mass is 420 g/mol. The van der Waals surface area contributed by atoms with Crippen molar-refractivity contribution < 1.29 is 14.4 Å². The lowest BCUT2D eigenvalue weighted by molar-refractivity contribution is -0.137. The van der Waals surface area contributed by atoms with E-state index >= 15 is 0 Å². The number of carbonyl (C=O) groups is 1. The molecule has 4 saturated carbocycles. The summed E-state index contributed by atoms with van der Waals surface area (Å²) in [6, 6.07) is 0. The molecule has 6 atom stereocenters. The minimum atomic E-state index is 0.000971. The third-order valence-corrected chi connectivity index (χ3v) is 9.13. The first-order valence-electron chi connectivity index (χ1n) is 12.4. The van der Waals surface area contributed by atoms with Crippen LogP contribution < -0.4 is 5.73 Å². The molecule has 0 aliphatic heterocycles. The molecule has 4 aliphatic carbocycles. The summed E-state index contributed by atoms with van der Waals surface area (Å²) in [5.74, 6) is 3.54. The van der Waals surface area contributed by atoms with E-state index in [0.29, 0.717) is 23.7 Å². The highest BCUT2D eigenvalue weighted by atomic mass is 16.6. The molecule has 0 aromatic rings. The standard InChI is InChI=1S/C24H39NO3.CH5N/c1-4-27-14-5-15-28-25-18-10-12-23(2)17(16-18)6-7-19-20-8-9-22(26)24(20,3)13-11-21(19)23;1-2/h17,19-21H,4-16H2,1-3H3;2H2,1H3/b25-18-;. The average molecular weight is 421 g/mol. The fourth-order valence-electron chi connectivity index (χ4n) is 7.42. The van der Waals surface area contributed by atoms with Gasteiger partial charge in [0.15, 0.2) is 0 Å². The summed E-state index contributed by atoms with van der Waals surface area (Å²) in [6.07, 6.45) is 11.4. The number of nitrogens with two attached hydrogens (primary N) is 1. The molecule has 0 bridgehead atoms. The number of fused-ring (bicyclic) bond motifs is 5. The summed E-state index contributed by atoms with van der Waals surface area (Å²) in [5.41, 5.74) is 6.21. The van der Waals surface area contributed by atoms with Crippen LogP contribution in [0.5, 0.6) is 0 Å². The number of hydrogen-bond donors (Lipinski definition) is 1. The molecule has 6 unspecified atom stereocenters. The molecule has 2 N–H and O–H groups in total. The van der Waals surface area contributed by atoms with Gasteiger partial charge in [-0.3, -0.25) is 4.79 Å². The van der Waals surface area contributed by atoms with E-state index in [4.69, 9.17) is 9.57 Å². The molecule has 4 fully saturated rings. The van der Waals surface area contributed by atoms with Crippen molar-refractivity contribution in [2.24, 2.45) is 45.4 Å². The van der Waals surface area contributed by atoms with E-state index in [1.807, 2.05) is 6.92 Å². The van der Waals surface area contributed by atoms with Gasteiger partial charge in [0, 0.05) is 31.5 Å². The van der Waals surface area contributed by atoms with E-state index in [-0.39, 0.29) is 5.41 Å². The van der Waals surface area contributed by atoms with Gasteiger partial charge in [0.2, 0.25) is 0 Å². The van der Waals surface area contributed by atoms with Gasteiger partial charge in [0.1, 0.15) is 12.4 Å². The Balaban J connectivity index is 0.00000124. The second kappa shape index (κ2) is 10.1. The molecule has 5 heteroatoms. The number of ketones is 1. The highest BCUT2D eigenvalue weighted by Gasteiger charge is 2.60. The zero-order valence-corrected chi connectivity index (χ0v) is 19.8. The first-order chi connectivity index (χ1) is 14.5. The van der Waals surface area contributed by atoms with Crippen LogP contribution in [-0.2, 0) is 14.4 Å². The number of oxime groups is 1. The molecule has 0 saturated heterocycles. The SMILES string of the molecule is CCOCCCO/N=C1/CCC2(C)C(CCC3C4CCC(=O)C4(C)CCC32)C1.CN. The first kappa shape index (κ1) is 23.7. The summed E-state index contributed by atoms with van der Waals surface area (Å²) in [7, 11) is 1.50. The number of Topliss-reactive ketones (excluding diaryl/α,β-unsaturated/α-hetero) is 1. The largest absolute Gasteiger partial charge is 0.396 e. The van der Waals surface area contributed by atoms with E-state index < -0.39 is 0 Å². The van der Waals surface area contributed by atoms with Gasteiger partial charge in [-0.05, 0) is 94.4 Å². The van der Waals surface area contributed by atoms with E-state index in [1.165, 1.54) is 38.4 Å². The van der Waals surface area contributed by atoms with E-state index in [1.54, 1.807) is 0 Å². The molecular formula is C25H44N2O3. The zero-order chi connectivity index (χ0) is 21.8. The van der Waals surface area contributed by atoms with Crippen LogP contribution in [0.4, 0.5) is 0 Å². The topological polar surface area (TPSA) is 73.9 Å². The number of carbonyl (C=O) groups excluding carboxylic acids is 1. The van der Waals surface area contributed by atoms with E-state index in [0.717, 1.165) is 69.5 Å². The predicted molar refractivity (Wildman–Crippen MR) is 121 cm³/mol. The highest BCUT2D eigenvalue weighted by Crippen LogP contribution is 2.65. The Hall–Kier alpha value is -0.940. The van der Waals surface area contributed by atoms with Crippen molar-refractivity contribution in [3.63, 3.8) is 0 Å². The second-order valence-electron chi connectivity index (χ2n) is 10.3. The van der Waals surface area contributed by atoms with Gasteiger partial charge >= 0.3 is 0 Å². The molecule has 4 aliphatic rings. The van der Waals surface area contributed by atoms with Crippen molar-refractivity contribution in [1.82, 2.24) is 0 Å². The molecule has 0 spiro atoms. The van der Waals surface area contributed by atoms with Crippen molar-refractivity contribution in [2.75, 3.05) is 26.9 Å². The maximum atomic E-state index is 12.6.